The van der Waals surface area contributed by atoms with Gasteiger partial charge in [0.2, 0.25) is 0 Å². The van der Waals surface area contributed by atoms with Gasteiger partial charge < -0.3 is 10.1 Å². The number of ether oxygens (including phenoxy) is 1. The summed E-state index contributed by atoms with van der Waals surface area (Å²) in [5.74, 6) is -0.796. The molecule has 1 N–H and O–H groups in total. The second-order valence-corrected chi connectivity index (χ2v) is 7.40. The Labute approximate surface area is 183 Å². The number of anilines is 2. The predicted molar refractivity (Wildman–Crippen MR) is 119 cm³/mol. The lowest BCUT2D eigenvalue weighted by atomic mass is 10.0. The molecular formula is C24H18ClFN2O3. The minimum absolute atomic E-state index is 0.0958. The number of halogens is 2. The minimum atomic E-state index is -0.528. The van der Waals surface area contributed by atoms with Gasteiger partial charge in [-0.2, -0.15) is 0 Å². The van der Waals surface area contributed by atoms with Gasteiger partial charge in [-0.3, -0.25) is 9.59 Å². The number of carbonyl (C=O) groups excluding carboxylic acids is 2. The van der Waals surface area contributed by atoms with E-state index in [1.165, 1.54) is 24.3 Å². The van der Waals surface area contributed by atoms with E-state index in [2.05, 4.69) is 5.32 Å². The number of carbonyl (C=O) groups is 2. The zero-order valence-corrected chi connectivity index (χ0v) is 17.5. The van der Waals surface area contributed by atoms with Crippen LogP contribution in [0.3, 0.4) is 0 Å². The number of nitrogens with zero attached hydrogens (tertiary/aromatic N) is 1. The van der Waals surface area contributed by atoms with Crippen LogP contribution in [0.2, 0.25) is 5.02 Å². The Morgan fingerprint density at radius 1 is 0.935 bits per heavy atom. The van der Waals surface area contributed by atoms with Gasteiger partial charge in [-0.25, -0.2) is 9.29 Å². The molecule has 0 aromatic heterocycles. The van der Waals surface area contributed by atoms with Crippen LogP contribution in [-0.4, -0.2) is 18.9 Å². The molecule has 0 spiro atoms. The summed E-state index contributed by atoms with van der Waals surface area (Å²) in [4.78, 5) is 27.8. The molecule has 1 heterocycles. The maximum Gasteiger partial charge on any atom is 0.282 e. The Morgan fingerprint density at radius 3 is 2.23 bits per heavy atom. The summed E-state index contributed by atoms with van der Waals surface area (Å²) in [6.45, 7) is 1.84. The van der Waals surface area contributed by atoms with Crippen LogP contribution < -0.4 is 15.0 Å². The highest BCUT2D eigenvalue weighted by Gasteiger charge is 2.40. The summed E-state index contributed by atoms with van der Waals surface area (Å²) in [6.07, 6.45) is 0. The summed E-state index contributed by atoms with van der Waals surface area (Å²) in [7, 11) is 1.54. The summed E-state index contributed by atoms with van der Waals surface area (Å²) in [5.41, 5.74) is 2.52. The monoisotopic (exact) mass is 436 g/mol. The SMILES string of the molecule is COc1ccc(C2=C(Nc3ccc(F)cc3)C(=O)N(c3ccc(C)c(Cl)c3)C2=O)cc1. The highest BCUT2D eigenvalue weighted by molar-refractivity contribution is 6.46. The summed E-state index contributed by atoms with van der Waals surface area (Å²) in [5, 5.41) is 3.44. The Balaban J connectivity index is 1.81. The van der Waals surface area contributed by atoms with Crippen molar-refractivity contribution in [1.29, 1.82) is 0 Å². The van der Waals surface area contributed by atoms with E-state index in [4.69, 9.17) is 16.3 Å². The van der Waals surface area contributed by atoms with Crippen molar-refractivity contribution in [2.45, 2.75) is 6.92 Å². The van der Waals surface area contributed by atoms with Crippen molar-refractivity contribution in [3.05, 3.63) is 94.4 Å². The number of aryl methyl sites for hydroxylation is 1. The van der Waals surface area contributed by atoms with Crippen molar-refractivity contribution in [2.24, 2.45) is 0 Å². The molecule has 0 radical (unpaired) electrons. The van der Waals surface area contributed by atoms with Crippen LogP contribution in [0.4, 0.5) is 15.8 Å². The molecule has 156 valence electrons. The molecule has 0 fully saturated rings. The minimum Gasteiger partial charge on any atom is -0.497 e. The lowest BCUT2D eigenvalue weighted by Gasteiger charge is -2.16. The lowest BCUT2D eigenvalue weighted by Crippen LogP contribution is -2.32. The molecule has 0 unspecified atom stereocenters. The van der Waals surface area contributed by atoms with Gasteiger partial charge >= 0.3 is 0 Å². The molecule has 3 aromatic rings. The third-order valence-corrected chi connectivity index (χ3v) is 5.40. The molecule has 0 saturated carbocycles. The predicted octanol–water partition coefficient (Wildman–Crippen LogP) is 5.19. The van der Waals surface area contributed by atoms with Crippen molar-refractivity contribution in [1.82, 2.24) is 0 Å². The quantitative estimate of drug-likeness (QED) is 0.559. The van der Waals surface area contributed by atoms with Gasteiger partial charge in [0.25, 0.3) is 11.8 Å². The zero-order valence-electron chi connectivity index (χ0n) is 16.8. The van der Waals surface area contributed by atoms with Crippen molar-refractivity contribution in [3.8, 4) is 5.75 Å². The van der Waals surface area contributed by atoms with Gasteiger partial charge in [0.05, 0.1) is 18.4 Å². The van der Waals surface area contributed by atoms with Gasteiger partial charge in [0, 0.05) is 10.7 Å². The Morgan fingerprint density at radius 2 is 1.61 bits per heavy atom. The molecule has 0 aliphatic carbocycles. The van der Waals surface area contributed by atoms with E-state index >= 15 is 0 Å². The van der Waals surface area contributed by atoms with E-state index in [-0.39, 0.29) is 11.3 Å². The highest BCUT2D eigenvalue weighted by atomic mass is 35.5. The molecule has 3 aromatic carbocycles. The molecule has 1 aliphatic rings. The Kier molecular flexibility index (Phi) is 5.48. The molecule has 0 saturated heterocycles. The molecule has 5 nitrogen and oxygen atoms in total. The fraction of sp³-hybridized carbons (Fsp3) is 0.0833. The number of hydrogen-bond donors (Lipinski definition) is 1. The molecule has 7 heteroatoms. The Hall–Kier alpha value is -3.64. The van der Waals surface area contributed by atoms with Gasteiger partial charge in [-0.15, -0.1) is 0 Å². The van der Waals surface area contributed by atoms with Gasteiger partial charge in [-0.05, 0) is 66.6 Å². The third-order valence-electron chi connectivity index (χ3n) is 4.99. The number of imide groups is 1. The number of methoxy groups -OCH3 is 1. The number of rotatable bonds is 5. The first-order valence-corrected chi connectivity index (χ1v) is 9.83. The van der Waals surface area contributed by atoms with Crippen LogP contribution >= 0.6 is 11.6 Å². The van der Waals surface area contributed by atoms with Crippen LogP contribution in [-0.2, 0) is 9.59 Å². The van der Waals surface area contributed by atoms with Crippen molar-refractivity contribution in [3.63, 3.8) is 0 Å². The standard InChI is InChI=1S/C24H18ClFN2O3/c1-14-3-10-18(13-20(14)25)28-23(29)21(15-4-11-19(31-2)12-5-15)22(24(28)30)27-17-8-6-16(26)7-9-17/h3-13,27H,1-2H3. The molecule has 2 amide bonds. The number of nitrogens with one attached hydrogen (secondary N) is 1. The van der Waals surface area contributed by atoms with E-state index in [1.54, 1.807) is 49.6 Å². The Bertz CT molecular complexity index is 1200. The maximum atomic E-state index is 13.4. The molecule has 0 atom stereocenters. The molecule has 0 bridgehead atoms. The first-order valence-electron chi connectivity index (χ1n) is 9.45. The fourth-order valence-electron chi connectivity index (χ4n) is 3.30. The van der Waals surface area contributed by atoms with Gasteiger partial charge in [0.15, 0.2) is 0 Å². The van der Waals surface area contributed by atoms with Crippen molar-refractivity contribution >= 4 is 40.4 Å². The van der Waals surface area contributed by atoms with Crippen LogP contribution in [0.5, 0.6) is 5.75 Å². The van der Waals surface area contributed by atoms with Crippen molar-refractivity contribution in [2.75, 3.05) is 17.3 Å². The van der Waals surface area contributed by atoms with Crippen LogP contribution in [0.1, 0.15) is 11.1 Å². The van der Waals surface area contributed by atoms with E-state index in [1.807, 2.05) is 6.92 Å². The average molecular weight is 437 g/mol. The smallest absolute Gasteiger partial charge is 0.282 e. The summed E-state index contributed by atoms with van der Waals surface area (Å²) >= 11 is 6.23. The van der Waals surface area contributed by atoms with E-state index in [0.717, 1.165) is 10.5 Å². The largest absolute Gasteiger partial charge is 0.497 e. The normalized spacial score (nSPS) is 13.7. The zero-order chi connectivity index (χ0) is 22.1. The topological polar surface area (TPSA) is 58.6 Å². The number of hydrogen-bond acceptors (Lipinski definition) is 4. The van der Waals surface area contributed by atoms with Crippen LogP contribution in [0.25, 0.3) is 5.57 Å². The number of benzene rings is 3. The van der Waals surface area contributed by atoms with Crippen molar-refractivity contribution < 1.29 is 18.7 Å². The summed E-state index contributed by atoms with van der Waals surface area (Å²) in [6, 6.07) is 17.4. The first-order chi connectivity index (χ1) is 14.9. The average Bonchev–Trinajstić information content (AvgIpc) is 3.01. The first kappa shape index (κ1) is 20.6. The van der Waals surface area contributed by atoms with Crippen LogP contribution in [0.15, 0.2) is 72.4 Å². The lowest BCUT2D eigenvalue weighted by molar-refractivity contribution is -0.120. The maximum absolute atomic E-state index is 13.4. The van der Waals surface area contributed by atoms with E-state index in [0.29, 0.717) is 27.7 Å². The van der Waals surface area contributed by atoms with Gasteiger partial charge in [0.1, 0.15) is 17.3 Å². The van der Waals surface area contributed by atoms with E-state index in [9.17, 15) is 14.0 Å². The second-order valence-electron chi connectivity index (χ2n) is 6.99. The molecular weight excluding hydrogens is 419 g/mol. The third kappa shape index (κ3) is 3.90. The number of amides is 2. The van der Waals surface area contributed by atoms with Gasteiger partial charge in [-0.1, -0.05) is 29.8 Å². The van der Waals surface area contributed by atoms with Crippen LogP contribution in [0, 0.1) is 12.7 Å². The fourth-order valence-corrected chi connectivity index (χ4v) is 3.48. The van der Waals surface area contributed by atoms with E-state index < -0.39 is 17.6 Å². The highest BCUT2D eigenvalue weighted by Crippen LogP contribution is 2.35. The molecule has 31 heavy (non-hydrogen) atoms. The summed E-state index contributed by atoms with van der Waals surface area (Å²) < 4.78 is 18.5. The molecule has 4 rings (SSSR count). The molecule has 1 aliphatic heterocycles. The second kappa shape index (κ2) is 8.24.